The van der Waals surface area contributed by atoms with Gasteiger partial charge < -0.3 is 24.6 Å². The largest absolute Gasteiger partial charge is 0.491 e. The number of ether oxygens (including phenoxy) is 2. The van der Waals surface area contributed by atoms with Crippen LogP contribution in [0.5, 0.6) is 11.5 Å². The summed E-state index contributed by atoms with van der Waals surface area (Å²) in [6.45, 7) is 10.3. The Hall–Kier alpha value is -3.33. The first-order chi connectivity index (χ1) is 17.1. The van der Waals surface area contributed by atoms with Gasteiger partial charge in [0.15, 0.2) is 23.1 Å². The molecule has 0 spiro atoms. The molecule has 36 heavy (non-hydrogen) atoms. The molecule has 0 saturated carbocycles. The Bertz CT molecular complexity index is 1240. The maximum absolute atomic E-state index is 13.6. The SMILES string of the molecule is CCOc1cc2c(nc1C(=O)NC)C(=NCl)N(CC(=O)c1cc3c(c(C(C)(C)C)c1)OCCN3C)C2. The molecule has 9 nitrogen and oxygen atoms in total. The van der Waals surface area contributed by atoms with Gasteiger partial charge in [0, 0.05) is 49.1 Å². The molecule has 192 valence electrons. The van der Waals surface area contributed by atoms with E-state index in [-0.39, 0.29) is 29.3 Å². The van der Waals surface area contributed by atoms with E-state index in [1.54, 1.807) is 11.0 Å². The van der Waals surface area contributed by atoms with E-state index >= 15 is 0 Å². The second-order valence-electron chi connectivity index (χ2n) is 9.93. The molecular formula is C26H32ClN5O4. The maximum Gasteiger partial charge on any atom is 0.273 e. The Morgan fingerprint density at radius 2 is 2.03 bits per heavy atom. The number of amides is 1. The van der Waals surface area contributed by atoms with E-state index in [1.165, 1.54) is 7.05 Å². The summed E-state index contributed by atoms with van der Waals surface area (Å²) in [4.78, 5) is 34.4. The number of carbonyl (C=O) groups excluding carboxylic acids is 2. The molecule has 1 aromatic carbocycles. The van der Waals surface area contributed by atoms with Crippen molar-refractivity contribution < 1.29 is 19.1 Å². The number of hydrogen-bond acceptors (Lipinski definition) is 7. The Kier molecular flexibility index (Phi) is 7.13. The number of carbonyl (C=O) groups is 2. The average Bonchev–Trinajstić information content (AvgIpc) is 3.17. The normalized spacial score (nSPS) is 15.9. The van der Waals surface area contributed by atoms with Crippen LogP contribution in [0.2, 0.25) is 0 Å². The molecule has 10 heteroatoms. The second kappa shape index (κ2) is 9.97. The lowest BCUT2D eigenvalue weighted by molar-refractivity contribution is 0.0949. The van der Waals surface area contributed by atoms with E-state index in [0.717, 1.165) is 29.1 Å². The highest BCUT2D eigenvalue weighted by Gasteiger charge is 2.33. The molecule has 0 fully saturated rings. The van der Waals surface area contributed by atoms with Gasteiger partial charge in [-0.15, -0.1) is 0 Å². The molecule has 1 amide bonds. The summed E-state index contributed by atoms with van der Waals surface area (Å²) in [5.74, 6) is 1.11. The number of benzene rings is 1. The van der Waals surface area contributed by atoms with E-state index in [9.17, 15) is 9.59 Å². The first kappa shape index (κ1) is 25.8. The standard InChI is InChI=1S/C26H32ClN5O4/c1-7-35-20-12-16-13-32(24(30-27)21(16)29-22(20)25(34)28-5)14-19(33)15-10-17(26(2,3)4)23-18(11-15)31(6)8-9-36-23/h10-12H,7-9,13-14H2,1-6H3,(H,28,34). The molecule has 2 aliphatic heterocycles. The van der Waals surface area contributed by atoms with E-state index < -0.39 is 0 Å². The third-order valence-electron chi connectivity index (χ3n) is 6.38. The molecule has 0 atom stereocenters. The van der Waals surface area contributed by atoms with Gasteiger partial charge in [-0.25, -0.2) is 4.98 Å². The lowest BCUT2D eigenvalue weighted by Gasteiger charge is -2.33. The van der Waals surface area contributed by atoms with Crippen LogP contribution in [0, 0.1) is 0 Å². The number of fused-ring (bicyclic) bond motifs is 2. The average molecular weight is 514 g/mol. The second-order valence-corrected chi connectivity index (χ2v) is 10.1. The third kappa shape index (κ3) is 4.72. The zero-order valence-electron chi connectivity index (χ0n) is 21.6. The van der Waals surface area contributed by atoms with Crippen LogP contribution < -0.4 is 19.7 Å². The fourth-order valence-electron chi connectivity index (χ4n) is 4.49. The quantitative estimate of drug-likeness (QED) is 0.590. The lowest BCUT2D eigenvalue weighted by Crippen LogP contribution is -2.33. The van der Waals surface area contributed by atoms with Crippen LogP contribution in [0.15, 0.2) is 22.7 Å². The van der Waals surface area contributed by atoms with Crippen molar-refractivity contribution in [2.45, 2.75) is 39.7 Å². The molecule has 0 saturated heterocycles. The Labute approximate surface area is 216 Å². The van der Waals surface area contributed by atoms with E-state index in [2.05, 4.69) is 40.5 Å². The van der Waals surface area contributed by atoms with Crippen molar-refractivity contribution in [3.63, 3.8) is 0 Å². The number of rotatable bonds is 6. The first-order valence-electron chi connectivity index (χ1n) is 12.0. The Balaban J connectivity index is 1.67. The number of halogens is 1. The number of pyridine rings is 1. The maximum atomic E-state index is 13.6. The summed E-state index contributed by atoms with van der Waals surface area (Å²) in [5, 5.41) is 2.58. The summed E-state index contributed by atoms with van der Waals surface area (Å²) < 4.78 is 15.6. The van der Waals surface area contributed by atoms with Crippen molar-refractivity contribution in [3.8, 4) is 11.5 Å². The molecule has 2 aromatic rings. The predicted octanol–water partition coefficient (Wildman–Crippen LogP) is 3.56. The van der Waals surface area contributed by atoms with Crippen molar-refractivity contribution in [2.75, 3.05) is 45.3 Å². The fourth-order valence-corrected chi connectivity index (χ4v) is 4.67. The highest BCUT2D eigenvalue weighted by molar-refractivity contribution is 6.23. The van der Waals surface area contributed by atoms with Crippen molar-refractivity contribution in [3.05, 3.63) is 46.3 Å². The summed E-state index contributed by atoms with van der Waals surface area (Å²) in [6, 6.07) is 5.59. The molecule has 0 bridgehead atoms. The van der Waals surface area contributed by atoms with Crippen molar-refractivity contribution in [2.24, 2.45) is 4.51 Å². The van der Waals surface area contributed by atoms with Crippen LogP contribution in [0.25, 0.3) is 0 Å². The van der Waals surface area contributed by atoms with Crippen molar-refractivity contribution in [1.29, 1.82) is 0 Å². The predicted molar refractivity (Wildman–Crippen MR) is 140 cm³/mol. The Morgan fingerprint density at radius 3 is 2.67 bits per heavy atom. The third-order valence-corrected chi connectivity index (χ3v) is 6.54. The van der Waals surface area contributed by atoms with Crippen molar-refractivity contribution in [1.82, 2.24) is 15.2 Å². The van der Waals surface area contributed by atoms with Crippen LogP contribution in [-0.2, 0) is 12.0 Å². The number of hydrogen-bond donors (Lipinski definition) is 1. The van der Waals surface area contributed by atoms with E-state index in [4.69, 9.17) is 21.3 Å². The van der Waals surface area contributed by atoms with E-state index in [0.29, 0.717) is 42.6 Å². The lowest BCUT2D eigenvalue weighted by atomic mass is 9.84. The number of ketones is 1. The number of anilines is 1. The van der Waals surface area contributed by atoms with Gasteiger partial charge >= 0.3 is 0 Å². The monoisotopic (exact) mass is 513 g/mol. The van der Waals surface area contributed by atoms with Gasteiger partial charge in [0.05, 0.1) is 25.4 Å². The number of nitrogens with zero attached hydrogens (tertiary/aromatic N) is 4. The zero-order chi connectivity index (χ0) is 26.2. The highest BCUT2D eigenvalue weighted by Crippen LogP contribution is 2.41. The van der Waals surface area contributed by atoms with Crippen LogP contribution in [0.1, 0.15) is 65.4 Å². The number of nitrogens with one attached hydrogen (secondary N) is 1. The molecule has 1 aromatic heterocycles. The van der Waals surface area contributed by atoms with Gasteiger partial charge in [0.25, 0.3) is 5.91 Å². The molecule has 0 unspecified atom stereocenters. The number of aromatic nitrogens is 1. The summed E-state index contributed by atoms with van der Waals surface area (Å²) in [5.41, 5.74) is 3.68. The van der Waals surface area contributed by atoms with Crippen LogP contribution >= 0.6 is 11.8 Å². The minimum Gasteiger partial charge on any atom is -0.491 e. The van der Waals surface area contributed by atoms with Gasteiger partial charge in [-0.3, -0.25) is 9.59 Å². The molecule has 0 aliphatic carbocycles. The van der Waals surface area contributed by atoms with Crippen LogP contribution in [-0.4, -0.2) is 67.8 Å². The van der Waals surface area contributed by atoms with Crippen LogP contribution in [0.4, 0.5) is 5.69 Å². The van der Waals surface area contributed by atoms with Crippen molar-refractivity contribution >= 4 is 35.0 Å². The summed E-state index contributed by atoms with van der Waals surface area (Å²) in [7, 11) is 3.53. The fraction of sp³-hybridized carbons (Fsp3) is 0.462. The molecular weight excluding hydrogens is 482 g/mol. The van der Waals surface area contributed by atoms with Gasteiger partial charge in [-0.2, -0.15) is 4.51 Å². The Morgan fingerprint density at radius 1 is 1.28 bits per heavy atom. The molecule has 0 radical (unpaired) electrons. The molecule has 3 heterocycles. The smallest absolute Gasteiger partial charge is 0.273 e. The molecule has 4 rings (SSSR count). The zero-order valence-corrected chi connectivity index (χ0v) is 22.3. The first-order valence-corrected chi connectivity index (χ1v) is 12.3. The molecule has 1 N–H and O–H groups in total. The minimum atomic E-state index is -0.375. The molecule has 2 aliphatic rings. The summed E-state index contributed by atoms with van der Waals surface area (Å²) in [6.07, 6.45) is 0. The van der Waals surface area contributed by atoms with Gasteiger partial charge in [0.2, 0.25) is 0 Å². The number of Topliss-reactive ketones (excluding diaryl/α,β-unsaturated/α-hetero) is 1. The van der Waals surface area contributed by atoms with Gasteiger partial charge in [-0.05, 0) is 30.5 Å². The van der Waals surface area contributed by atoms with E-state index in [1.807, 2.05) is 26.1 Å². The van der Waals surface area contributed by atoms with Gasteiger partial charge in [-0.1, -0.05) is 20.8 Å². The number of amidine groups is 1. The summed E-state index contributed by atoms with van der Waals surface area (Å²) >= 11 is 5.97. The van der Waals surface area contributed by atoms with Crippen LogP contribution in [0.3, 0.4) is 0 Å². The minimum absolute atomic E-state index is 0.0497. The topological polar surface area (TPSA) is 96.4 Å². The van der Waals surface area contributed by atoms with Gasteiger partial charge in [0.1, 0.15) is 18.1 Å². The number of likely N-dealkylation sites (N-methyl/N-ethyl adjacent to an activating group) is 1. The highest BCUT2D eigenvalue weighted by atomic mass is 35.5.